The molecule has 0 spiro atoms. The summed E-state index contributed by atoms with van der Waals surface area (Å²) in [6.07, 6.45) is -1.43. The van der Waals surface area contributed by atoms with E-state index in [9.17, 15) is 27.2 Å². The first-order valence-corrected chi connectivity index (χ1v) is 15.2. The third-order valence-corrected chi connectivity index (χ3v) is 8.30. The number of ketones is 1. The molecule has 3 aromatic heterocycles. The van der Waals surface area contributed by atoms with E-state index >= 15 is 4.39 Å². The van der Waals surface area contributed by atoms with Gasteiger partial charge in [0.15, 0.2) is 11.6 Å². The maximum absolute atomic E-state index is 15.1. The lowest BCUT2D eigenvalue weighted by atomic mass is 10.0. The number of aromatic nitrogens is 2. The molecule has 0 aliphatic carbocycles. The number of hydrogen-bond acceptors (Lipinski definition) is 6. The van der Waals surface area contributed by atoms with Crippen molar-refractivity contribution in [1.29, 1.82) is 0 Å². The first kappa shape index (κ1) is 32.7. The minimum Gasteiger partial charge on any atom is -0.453 e. The van der Waals surface area contributed by atoms with Crippen molar-refractivity contribution in [1.82, 2.24) is 14.9 Å². The number of thiophene rings is 1. The molecule has 1 amide bonds. The maximum Gasteiger partial charge on any atom is 0.416 e. The number of rotatable bonds is 11. The maximum atomic E-state index is 15.1. The summed E-state index contributed by atoms with van der Waals surface area (Å²) in [6.45, 7) is 4.68. The summed E-state index contributed by atoms with van der Waals surface area (Å²) in [5.74, 6) is -2.00. The lowest BCUT2D eigenvalue weighted by Crippen LogP contribution is -2.28. The molecular weight excluding hydrogens is 625 g/mol. The summed E-state index contributed by atoms with van der Waals surface area (Å²) in [4.78, 5) is 36.0. The molecule has 0 fully saturated rings. The largest absolute Gasteiger partial charge is 0.453 e. The molecule has 0 aliphatic heterocycles. The van der Waals surface area contributed by atoms with Crippen LogP contribution in [-0.2, 0) is 35.2 Å². The van der Waals surface area contributed by atoms with Gasteiger partial charge in [0.25, 0.3) is 0 Å². The number of hydrogen-bond donors (Lipinski definition) is 0. The molecule has 2 aromatic carbocycles. The van der Waals surface area contributed by atoms with E-state index in [1.807, 2.05) is 25.1 Å². The fraction of sp³-hybridized carbons (Fsp3) is 0.235. The van der Waals surface area contributed by atoms with Crippen molar-refractivity contribution < 1.29 is 36.3 Å². The number of amides is 1. The van der Waals surface area contributed by atoms with E-state index in [4.69, 9.17) is 4.74 Å². The summed E-state index contributed by atoms with van der Waals surface area (Å²) in [6, 6.07) is 13.1. The Labute approximate surface area is 265 Å². The highest BCUT2D eigenvalue weighted by atomic mass is 32.1. The molecule has 0 atom stereocenters. The van der Waals surface area contributed by atoms with E-state index in [0.29, 0.717) is 52.9 Å². The Morgan fingerprint density at radius 3 is 2.35 bits per heavy atom. The Kier molecular flexibility index (Phi) is 9.76. The lowest BCUT2D eigenvalue weighted by Gasteiger charge is -2.20. The number of fused-ring (bicyclic) bond motifs is 1. The molecule has 3 heterocycles. The van der Waals surface area contributed by atoms with E-state index in [2.05, 4.69) is 9.97 Å². The molecule has 5 rings (SSSR count). The van der Waals surface area contributed by atoms with Gasteiger partial charge in [-0.2, -0.15) is 13.2 Å². The molecule has 0 aliphatic rings. The number of benzene rings is 2. The Morgan fingerprint density at radius 2 is 1.67 bits per heavy atom. The number of ether oxygens (including phenoxy) is 1. The second-order valence-electron chi connectivity index (χ2n) is 10.7. The van der Waals surface area contributed by atoms with Crippen LogP contribution in [0.1, 0.15) is 42.5 Å². The van der Waals surface area contributed by atoms with Crippen LogP contribution < -0.4 is 4.74 Å². The average molecular weight is 654 g/mol. The normalized spacial score (nSPS) is 11.5. The number of pyridine rings is 2. The van der Waals surface area contributed by atoms with E-state index in [0.717, 1.165) is 22.9 Å². The minimum atomic E-state index is -4.67. The van der Waals surface area contributed by atoms with Crippen LogP contribution in [0.5, 0.6) is 11.5 Å². The van der Waals surface area contributed by atoms with Gasteiger partial charge in [0.1, 0.15) is 17.3 Å². The van der Waals surface area contributed by atoms with Gasteiger partial charge in [-0.3, -0.25) is 19.6 Å². The van der Waals surface area contributed by atoms with Crippen LogP contribution in [0, 0.1) is 11.6 Å². The standard InChI is InChI=1S/C34H28F5N3O3S/c1-3-12-42(20(2)43)19-22-4-8-28(41-18-22)32-17-29-33(46-32)31(10-11-40-29)45-30-9-5-21(14-27(30)36)13-25(44)16-23-15-24(34(37,38)39)6-7-26(23)35/h4-11,14-15,17-18H,3,12-13,16,19H2,1-2H3. The number of halogens is 5. The Bertz CT molecular complexity index is 1890. The van der Waals surface area contributed by atoms with Gasteiger partial charge in [0.2, 0.25) is 5.91 Å². The first-order chi connectivity index (χ1) is 21.9. The first-order valence-electron chi connectivity index (χ1n) is 14.3. The van der Waals surface area contributed by atoms with Crippen LogP contribution in [0.4, 0.5) is 22.0 Å². The zero-order valence-electron chi connectivity index (χ0n) is 24.8. The smallest absolute Gasteiger partial charge is 0.416 e. The summed E-state index contributed by atoms with van der Waals surface area (Å²) >= 11 is 1.37. The summed E-state index contributed by atoms with van der Waals surface area (Å²) in [5.41, 5.74) is 1.05. The monoisotopic (exact) mass is 653 g/mol. The Balaban J connectivity index is 1.28. The molecule has 0 bridgehead atoms. The molecule has 0 radical (unpaired) electrons. The molecule has 0 saturated carbocycles. The van der Waals surface area contributed by atoms with E-state index in [1.165, 1.54) is 29.7 Å². The quantitative estimate of drug-likeness (QED) is 0.134. The molecule has 0 N–H and O–H groups in total. The Morgan fingerprint density at radius 1 is 0.891 bits per heavy atom. The third kappa shape index (κ3) is 7.74. The topological polar surface area (TPSA) is 72.4 Å². The van der Waals surface area contributed by atoms with Gasteiger partial charge < -0.3 is 9.64 Å². The van der Waals surface area contributed by atoms with Crippen LogP contribution in [0.2, 0.25) is 0 Å². The zero-order chi connectivity index (χ0) is 33.0. The van der Waals surface area contributed by atoms with Crippen LogP contribution >= 0.6 is 11.3 Å². The minimum absolute atomic E-state index is 0.000635. The summed E-state index contributed by atoms with van der Waals surface area (Å²) in [5, 5.41) is 0. The fourth-order valence-corrected chi connectivity index (χ4v) is 5.91. The van der Waals surface area contributed by atoms with Gasteiger partial charge in [-0.1, -0.05) is 19.1 Å². The zero-order valence-corrected chi connectivity index (χ0v) is 25.6. The Hall–Kier alpha value is -4.71. The van der Waals surface area contributed by atoms with Crippen molar-refractivity contribution >= 4 is 33.2 Å². The predicted octanol–water partition coefficient (Wildman–Crippen LogP) is 8.56. The lowest BCUT2D eigenvalue weighted by molar-refractivity contribution is -0.137. The SMILES string of the molecule is CCCN(Cc1ccc(-c2cc3nccc(Oc4ccc(CC(=O)Cc5cc(C(F)(F)F)ccc5F)cc4F)c3s2)nc1)C(C)=O. The number of carbonyl (C=O) groups excluding carboxylic acids is 2. The van der Waals surface area contributed by atoms with Gasteiger partial charge >= 0.3 is 6.18 Å². The van der Waals surface area contributed by atoms with Crippen LogP contribution in [0.25, 0.3) is 20.8 Å². The highest BCUT2D eigenvalue weighted by Crippen LogP contribution is 2.39. The second kappa shape index (κ2) is 13.7. The van der Waals surface area contributed by atoms with Gasteiger partial charge in [0.05, 0.1) is 26.4 Å². The average Bonchev–Trinajstić information content (AvgIpc) is 3.44. The predicted molar refractivity (Wildman–Crippen MR) is 165 cm³/mol. The molecule has 0 saturated heterocycles. The van der Waals surface area contributed by atoms with Crippen LogP contribution in [0.15, 0.2) is 73.1 Å². The van der Waals surface area contributed by atoms with E-state index < -0.39 is 35.6 Å². The molecule has 6 nitrogen and oxygen atoms in total. The number of carbonyl (C=O) groups is 2. The van der Waals surface area contributed by atoms with Gasteiger partial charge in [0, 0.05) is 51.3 Å². The van der Waals surface area contributed by atoms with Crippen LogP contribution in [0.3, 0.4) is 0 Å². The van der Waals surface area contributed by atoms with E-state index in [1.54, 1.807) is 24.1 Å². The molecule has 0 unspecified atom stereocenters. The van der Waals surface area contributed by atoms with Crippen molar-refractivity contribution in [2.24, 2.45) is 0 Å². The highest BCUT2D eigenvalue weighted by molar-refractivity contribution is 7.22. The number of nitrogens with zero attached hydrogens (tertiary/aromatic N) is 3. The number of alkyl halides is 3. The molecule has 12 heteroatoms. The summed E-state index contributed by atoms with van der Waals surface area (Å²) in [7, 11) is 0. The third-order valence-electron chi connectivity index (χ3n) is 7.14. The fourth-order valence-electron chi connectivity index (χ4n) is 4.87. The number of Topliss-reactive ketones (excluding diaryl/α,β-unsaturated/α-hetero) is 1. The van der Waals surface area contributed by atoms with Gasteiger partial charge in [-0.05, 0) is 65.6 Å². The molecular formula is C34H28F5N3O3S. The molecule has 238 valence electrons. The summed E-state index contributed by atoms with van der Waals surface area (Å²) < 4.78 is 74.7. The van der Waals surface area contributed by atoms with Crippen LogP contribution in [-0.4, -0.2) is 33.1 Å². The van der Waals surface area contributed by atoms with Crippen molar-refractivity contribution in [3.8, 4) is 22.1 Å². The molecule has 5 aromatic rings. The molecule has 46 heavy (non-hydrogen) atoms. The van der Waals surface area contributed by atoms with Crippen molar-refractivity contribution in [2.45, 2.75) is 45.8 Å². The van der Waals surface area contributed by atoms with Crippen molar-refractivity contribution in [3.63, 3.8) is 0 Å². The van der Waals surface area contributed by atoms with Gasteiger partial charge in [-0.25, -0.2) is 8.78 Å². The van der Waals surface area contributed by atoms with Crippen molar-refractivity contribution in [2.75, 3.05) is 6.54 Å². The van der Waals surface area contributed by atoms with Gasteiger partial charge in [-0.15, -0.1) is 11.3 Å². The van der Waals surface area contributed by atoms with Crippen molar-refractivity contribution in [3.05, 3.63) is 107 Å². The van der Waals surface area contributed by atoms with E-state index in [-0.39, 0.29) is 29.2 Å². The second-order valence-corrected chi connectivity index (χ2v) is 11.7. The highest BCUT2D eigenvalue weighted by Gasteiger charge is 2.31.